The Morgan fingerprint density at radius 2 is 1.90 bits per heavy atom. The molecular weight excluding hydrogens is 362 g/mol. The first-order valence-corrected chi connectivity index (χ1v) is 10.5. The fourth-order valence-electron chi connectivity index (χ4n) is 3.87. The highest BCUT2D eigenvalue weighted by Crippen LogP contribution is 2.32. The Morgan fingerprint density at radius 1 is 1.10 bits per heavy atom. The molecule has 0 N–H and O–H groups in total. The van der Waals surface area contributed by atoms with Crippen molar-refractivity contribution in [1.82, 2.24) is 15.0 Å². The third kappa shape index (κ3) is 4.39. The molecule has 0 saturated carbocycles. The zero-order valence-corrected chi connectivity index (χ0v) is 16.9. The van der Waals surface area contributed by atoms with E-state index in [2.05, 4.69) is 29.2 Å². The Labute approximate surface area is 171 Å². The summed E-state index contributed by atoms with van der Waals surface area (Å²) in [5.41, 5.74) is 2.92. The van der Waals surface area contributed by atoms with Crippen LogP contribution in [0, 0.1) is 0 Å². The van der Waals surface area contributed by atoms with Crippen LogP contribution in [0.15, 0.2) is 59.1 Å². The smallest absolute Gasteiger partial charge is 0.254 e. The van der Waals surface area contributed by atoms with Gasteiger partial charge in [-0.2, -0.15) is 4.98 Å². The van der Waals surface area contributed by atoms with Crippen molar-refractivity contribution in [2.24, 2.45) is 0 Å². The Morgan fingerprint density at radius 3 is 2.66 bits per heavy atom. The average molecular weight is 389 g/mol. The molecule has 1 aromatic heterocycles. The van der Waals surface area contributed by atoms with Crippen molar-refractivity contribution in [2.75, 3.05) is 6.54 Å². The summed E-state index contributed by atoms with van der Waals surface area (Å²) in [7, 11) is 0. The van der Waals surface area contributed by atoms with E-state index in [1.807, 2.05) is 47.4 Å². The highest BCUT2D eigenvalue weighted by molar-refractivity contribution is 5.94. The number of likely N-dealkylation sites (tertiary alicyclic amines) is 1. The van der Waals surface area contributed by atoms with Gasteiger partial charge >= 0.3 is 0 Å². The average Bonchev–Trinajstić information content (AvgIpc) is 3.28. The van der Waals surface area contributed by atoms with E-state index in [9.17, 15) is 4.79 Å². The summed E-state index contributed by atoms with van der Waals surface area (Å²) in [4.78, 5) is 19.7. The monoisotopic (exact) mass is 389 g/mol. The molecule has 1 amide bonds. The van der Waals surface area contributed by atoms with E-state index in [1.54, 1.807) is 0 Å². The molecule has 3 aromatic rings. The van der Waals surface area contributed by atoms with Gasteiger partial charge in [-0.25, -0.2) is 0 Å². The molecule has 0 spiro atoms. The summed E-state index contributed by atoms with van der Waals surface area (Å²) < 4.78 is 5.58. The molecular formula is C24H27N3O2. The van der Waals surface area contributed by atoms with E-state index in [0.29, 0.717) is 18.3 Å². The zero-order chi connectivity index (χ0) is 20.1. The summed E-state index contributed by atoms with van der Waals surface area (Å²) in [5.74, 6) is 1.13. The predicted octanol–water partition coefficient (Wildman–Crippen LogP) is 5.45. The van der Waals surface area contributed by atoms with Gasteiger partial charge in [0.05, 0.1) is 0 Å². The molecule has 5 heteroatoms. The topological polar surface area (TPSA) is 59.2 Å². The van der Waals surface area contributed by atoms with Gasteiger partial charge in [0.1, 0.15) is 6.04 Å². The van der Waals surface area contributed by atoms with Crippen LogP contribution in [0.4, 0.5) is 0 Å². The largest absolute Gasteiger partial charge is 0.337 e. The number of hydrogen-bond acceptors (Lipinski definition) is 4. The Bertz CT molecular complexity index is 934. The lowest BCUT2D eigenvalue weighted by Crippen LogP contribution is -2.38. The zero-order valence-electron chi connectivity index (χ0n) is 16.9. The second-order valence-corrected chi connectivity index (χ2v) is 7.63. The summed E-state index contributed by atoms with van der Waals surface area (Å²) in [6.07, 6.45) is 6.29. The molecule has 5 nitrogen and oxygen atoms in total. The minimum Gasteiger partial charge on any atom is -0.337 e. The van der Waals surface area contributed by atoms with Crippen LogP contribution in [0.1, 0.15) is 66.9 Å². The van der Waals surface area contributed by atoms with E-state index in [0.717, 1.165) is 36.8 Å². The third-order valence-electron chi connectivity index (χ3n) is 5.54. The number of nitrogens with zero attached hydrogens (tertiary/aromatic N) is 3. The lowest BCUT2D eigenvalue weighted by atomic mass is 10.00. The van der Waals surface area contributed by atoms with E-state index in [4.69, 9.17) is 4.52 Å². The number of aryl methyl sites for hydroxylation is 1. The number of unbranched alkanes of at least 4 members (excludes halogenated alkanes) is 1. The number of carbonyl (C=O) groups is 1. The van der Waals surface area contributed by atoms with Gasteiger partial charge in [0.25, 0.3) is 5.91 Å². The van der Waals surface area contributed by atoms with Crippen molar-refractivity contribution in [3.05, 3.63) is 71.6 Å². The number of amides is 1. The standard InChI is InChI=1S/C24H27N3O2/c1-2-3-9-18-13-15-20(16-14-18)24(28)27-17-8-7-12-21(27)23-25-22(26-29-23)19-10-5-4-6-11-19/h4-6,10-11,13-16,21H,2-3,7-9,12,17H2,1H3. The third-order valence-corrected chi connectivity index (χ3v) is 5.54. The van der Waals surface area contributed by atoms with Crippen molar-refractivity contribution in [2.45, 2.75) is 51.5 Å². The maximum Gasteiger partial charge on any atom is 0.254 e. The van der Waals surface area contributed by atoms with E-state index < -0.39 is 0 Å². The number of benzene rings is 2. The van der Waals surface area contributed by atoms with E-state index in [1.165, 1.54) is 18.4 Å². The molecule has 1 atom stereocenters. The van der Waals surface area contributed by atoms with Gasteiger partial charge < -0.3 is 9.42 Å². The molecule has 150 valence electrons. The number of hydrogen-bond donors (Lipinski definition) is 0. The SMILES string of the molecule is CCCCc1ccc(C(=O)N2CCCCC2c2nc(-c3ccccc3)no2)cc1. The molecule has 1 aliphatic heterocycles. The second-order valence-electron chi connectivity index (χ2n) is 7.63. The van der Waals surface area contributed by atoms with Gasteiger partial charge in [-0.05, 0) is 49.8 Å². The highest BCUT2D eigenvalue weighted by atomic mass is 16.5. The van der Waals surface area contributed by atoms with Crippen LogP contribution < -0.4 is 0 Å². The molecule has 1 fully saturated rings. The van der Waals surface area contributed by atoms with Crippen LogP contribution in [0.2, 0.25) is 0 Å². The molecule has 4 rings (SSSR count). The van der Waals surface area contributed by atoms with Crippen molar-refractivity contribution in [3.63, 3.8) is 0 Å². The molecule has 29 heavy (non-hydrogen) atoms. The van der Waals surface area contributed by atoms with Crippen molar-refractivity contribution >= 4 is 5.91 Å². The molecule has 0 radical (unpaired) electrons. The molecule has 0 bridgehead atoms. The van der Waals surface area contributed by atoms with Gasteiger partial charge in [-0.3, -0.25) is 4.79 Å². The number of piperidine rings is 1. The number of rotatable bonds is 6. The van der Waals surface area contributed by atoms with Crippen molar-refractivity contribution in [1.29, 1.82) is 0 Å². The maximum atomic E-state index is 13.2. The highest BCUT2D eigenvalue weighted by Gasteiger charge is 2.32. The Balaban J connectivity index is 1.53. The van der Waals surface area contributed by atoms with Crippen LogP contribution in [-0.2, 0) is 6.42 Å². The minimum absolute atomic E-state index is 0.0382. The molecule has 1 aliphatic rings. The van der Waals surface area contributed by atoms with Crippen molar-refractivity contribution in [3.8, 4) is 11.4 Å². The fraction of sp³-hybridized carbons (Fsp3) is 0.375. The minimum atomic E-state index is -0.166. The molecule has 1 unspecified atom stereocenters. The summed E-state index contributed by atoms with van der Waals surface area (Å²) in [6, 6.07) is 17.6. The Hall–Kier alpha value is -2.95. The van der Waals surface area contributed by atoms with Crippen LogP contribution in [0.5, 0.6) is 0 Å². The van der Waals surface area contributed by atoms with Gasteiger partial charge in [-0.15, -0.1) is 0 Å². The van der Waals surface area contributed by atoms with Crippen LogP contribution in [0.25, 0.3) is 11.4 Å². The summed E-state index contributed by atoms with van der Waals surface area (Å²) in [5, 5.41) is 4.14. The Kier molecular flexibility index (Phi) is 6.03. The summed E-state index contributed by atoms with van der Waals surface area (Å²) in [6.45, 7) is 2.90. The first-order chi connectivity index (χ1) is 14.3. The molecule has 1 saturated heterocycles. The van der Waals surface area contributed by atoms with E-state index in [-0.39, 0.29) is 11.9 Å². The fourth-order valence-corrected chi connectivity index (χ4v) is 3.87. The molecule has 2 heterocycles. The number of carbonyl (C=O) groups excluding carboxylic acids is 1. The van der Waals surface area contributed by atoms with Crippen molar-refractivity contribution < 1.29 is 9.32 Å². The van der Waals surface area contributed by atoms with Gasteiger partial charge in [-0.1, -0.05) is 61.0 Å². The first-order valence-electron chi connectivity index (χ1n) is 10.5. The van der Waals surface area contributed by atoms with Crippen LogP contribution in [-0.4, -0.2) is 27.5 Å². The summed E-state index contributed by atoms with van der Waals surface area (Å²) >= 11 is 0. The normalized spacial score (nSPS) is 16.7. The van der Waals surface area contributed by atoms with Gasteiger partial charge in [0.2, 0.25) is 11.7 Å². The maximum absolute atomic E-state index is 13.2. The lowest BCUT2D eigenvalue weighted by molar-refractivity contribution is 0.0561. The van der Waals surface area contributed by atoms with E-state index >= 15 is 0 Å². The number of aromatic nitrogens is 2. The van der Waals surface area contributed by atoms with Gasteiger partial charge in [0.15, 0.2) is 0 Å². The first kappa shape index (κ1) is 19.4. The van der Waals surface area contributed by atoms with Crippen LogP contribution >= 0.6 is 0 Å². The molecule has 0 aliphatic carbocycles. The second kappa shape index (κ2) is 9.03. The van der Waals surface area contributed by atoms with Gasteiger partial charge in [0, 0.05) is 17.7 Å². The van der Waals surface area contributed by atoms with Crippen LogP contribution in [0.3, 0.4) is 0 Å². The quantitative estimate of drug-likeness (QED) is 0.563. The predicted molar refractivity (Wildman–Crippen MR) is 112 cm³/mol. The molecule has 2 aromatic carbocycles. The lowest BCUT2D eigenvalue weighted by Gasteiger charge is -2.33.